The minimum Gasteiger partial charge on any atom is -0.448 e. The van der Waals surface area contributed by atoms with Crippen molar-refractivity contribution in [2.75, 3.05) is 6.61 Å². The van der Waals surface area contributed by atoms with Crippen molar-refractivity contribution in [2.24, 2.45) is 11.5 Å². The lowest BCUT2D eigenvalue weighted by Gasteiger charge is -2.32. The van der Waals surface area contributed by atoms with Crippen molar-refractivity contribution in [1.29, 1.82) is 0 Å². The molecule has 0 aromatic heterocycles. The van der Waals surface area contributed by atoms with E-state index in [2.05, 4.69) is 0 Å². The summed E-state index contributed by atoms with van der Waals surface area (Å²) < 4.78 is 4.70. The minimum atomic E-state index is -0.731. The molecular weight excluding hydrogens is 156 g/mol. The van der Waals surface area contributed by atoms with E-state index in [9.17, 15) is 4.79 Å². The zero-order chi connectivity index (χ0) is 9.03. The Hall–Kier alpha value is -0.770. The molecule has 0 aromatic rings. The first-order valence-corrected chi connectivity index (χ1v) is 4.33. The zero-order valence-electron chi connectivity index (χ0n) is 7.21. The lowest BCUT2D eigenvalue weighted by molar-refractivity contribution is 0.109. The second-order valence-electron chi connectivity index (χ2n) is 3.53. The van der Waals surface area contributed by atoms with Crippen molar-refractivity contribution < 1.29 is 9.53 Å². The maximum atomic E-state index is 10.3. The molecule has 0 heterocycles. The molecule has 4 heteroatoms. The molecule has 12 heavy (non-hydrogen) atoms. The molecule has 4 nitrogen and oxygen atoms in total. The van der Waals surface area contributed by atoms with E-state index in [1.54, 1.807) is 0 Å². The quantitative estimate of drug-likeness (QED) is 0.645. The molecule has 1 aliphatic carbocycles. The average molecular weight is 172 g/mol. The van der Waals surface area contributed by atoms with Crippen LogP contribution < -0.4 is 11.5 Å². The first-order chi connectivity index (χ1) is 5.62. The zero-order valence-corrected chi connectivity index (χ0v) is 7.21. The summed E-state index contributed by atoms with van der Waals surface area (Å²) >= 11 is 0. The number of carbonyl (C=O) groups excluding carboxylic acids is 1. The lowest BCUT2D eigenvalue weighted by Crippen LogP contribution is -2.47. The number of hydrogen-bond acceptors (Lipinski definition) is 3. The number of rotatable bonds is 2. The molecule has 70 valence electrons. The molecular formula is C8H16N2O2. The molecule has 1 amide bonds. The third-order valence-corrected chi connectivity index (χ3v) is 2.35. The lowest BCUT2D eigenvalue weighted by atomic mass is 9.83. The Kier molecular flexibility index (Phi) is 2.92. The molecule has 0 spiro atoms. The largest absolute Gasteiger partial charge is 0.448 e. The summed E-state index contributed by atoms with van der Waals surface area (Å²) in [6, 6.07) is 0. The Morgan fingerprint density at radius 2 is 1.92 bits per heavy atom. The monoisotopic (exact) mass is 172 g/mol. The average Bonchev–Trinajstić information content (AvgIpc) is 2.03. The summed E-state index contributed by atoms with van der Waals surface area (Å²) in [6.45, 7) is 0.266. The van der Waals surface area contributed by atoms with Crippen molar-refractivity contribution in [1.82, 2.24) is 0 Å². The van der Waals surface area contributed by atoms with Gasteiger partial charge in [0, 0.05) is 0 Å². The van der Waals surface area contributed by atoms with Crippen LogP contribution in [0.25, 0.3) is 0 Å². The first kappa shape index (κ1) is 9.32. The highest BCUT2D eigenvalue weighted by molar-refractivity contribution is 5.64. The van der Waals surface area contributed by atoms with E-state index in [1.165, 1.54) is 6.42 Å². The van der Waals surface area contributed by atoms with Gasteiger partial charge in [0.2, 0.25) is 0 Å². The maximum absolute atomic E-state index is 10.3. The fraction of sp³-hybridized carbons (Fsp3) is 0.875. The van der Waals surface area contributed by atoms with Crippen molar-refractivity contribution in [3.8, 4) is 0 Å². The summed E-state index contributed by atoms with van der Waals surface area (Å²) in [5, 5.41) is 0. The summed E-state index contributed by atoms with van der Waals surface area (Å²) in [5.74, 6) is 0. The number of nitrogens with two attached hydrogens (primary N) is 2. The predicted molar refractivity (Wildman–Crippen MR) is 45.5 cm³/mol. The van der Waals surface area contributed by atoms with Gasteiger partial charge in [-0.1, -0.05) is 19.3 Å². The third-order valence-electron chi connectivity index (χ3n) is 2.35. The van der Waals surface area contributed by atoms with E-state index in [0.717, 1.165) is 25.7 Å². The number of ether oxygens (including phenoxy) is 1. The Morgan fingerprint density at radius 1 is 1.33 bits per heavy atom. The van der Waals surface area contributed by atoms with Gasteiger partial charge in [0.15, 0.2) is 0 Å². The highest BCUT2D eigenvalue weighted by Crippen LogP contribution is 2.25. The summed E-state index contributed by atoms with van der Waals surface area (Å²) in [7, 11) is 0. The van der Waals surface area contributed by atoms with Crippen molar-refractivity contribution in [2.45, 2.75) is 37.6 Å². The van der Waals surface area contributed by atoms with E-state index in [4.69, 9.17) is 16.2 Å². The van der Waals surface area contributed by atoms with Crippen LogP contribution in [0.15, 0.2) is 0 Å². The number of amides is 1. The highest BCUT2D eigenvalue weighted by atomic mass is 16.5. The summed E-state index contributed by atoms with van der Waals surface area (Å²) in [5.41, 5.74) is 10.5. The van der Waals surface area contributed by atoms with Crippen LogP contribution in [0.2, 0.25) is 0 Å². The molecule has 0 aliphatic heterocycles. The molecule has 1 fully saturated rings. The molecule has 0 bridgehead atoms. The van der Waals surface area contributed by atoms with Crippen molar-refractivity contribution in [3.63, 3.8) is 0 Å². The standard InChI is InChI=1S/C8H16N2O2/c9-7(11)12-6-8(10)4-2-1-3-5-8/h1-6,10H2,(H2,9,11). The highest BCUT2D eigenvalue weighted by Gasteiger charge is 2.28. The van der Waals surface area contributed by atoms with E-state index in [0.29, 0.717) is 0 Å². The van der Waals surface area contributed by atoms with Crippen LogP contribution in [-0.4, -0.2) is 18.2 Å². The van der Waals surface area contributed by atoms with E-state index >= 15 is 0 Å². The molecule has 0 atom stereocenters. The van der Waals surface area contributed by atoms with Crippen LogP contribution in [-0.2, 0) is 4.74 Å². The third kappa shape index (κ3) is 2.70. The Bertz CT molecular complexity index is 164. The van der Waals surface area contributed by atoms with Gasteiger partial charge in [-0.3, -0.25) is 0 Å². The van der Waals surface area contributed by atoms with Gasteiger partial charge < -0.3 is 16.2 Å². The van der Waals surface area contributed by atoms with Gasteiger partial charge in [-0.2, -0.15) is 0 Å². The van der Waals surface area contributed by atoms with Gasteiger partial charge in [0.25, 0.3) is 0 Å². The van der Waals surface area contributed by atoms with Crippen LogP contribution in [0, 0.1) is 0 Å². The molecule has 1 saturated carbocycles. The van der Waals surface area contributed by atoms with Crippen LogP contribution in [0.4, 0.5) is 4.79 Å². The van der Waals surface area contributed by atoms with Crippen LogP contribution in [0.5, 0.6) is 0 Å². The number of primary amides is 1. The Labute approximate surface area is 72.2 Å². The van der Waals surface area contributed by atoms with E-state index in [-0.39, 0.29) is 12.1 Å². The molecule has 0 aromatic carbocycles. The van der Waals surface area contributed by atoms with Gasteiger partial charge in [0.05, 0.1) is 5.54 Å². The summed E-state index contributed by atoms with van der Waals surface area (Å²) in [6.07, 6.45) is 4.61. The number of carbonyl (C=O) groups is 1. The molecule has 0 unspecified atom stereocenters. The van der Waals surface area contributed by atoms with Gasteiger partial charge >= 0.3 is 6.09 Å². The molecule has 1 aliphatic rings. The smallest absolute Gasteiger partial charge is 0.404 e. The molecule has 1 rings (SSSR count). The fourth-order valence-electron chi connectivity index (χ4n) is 1.62. The topological polar surface area (TPSA) is 78.3 Å². The van der Waals surface area contributed by atoms with Gasteiger partial charge in [0.1, 0.15) is 6.61 Å². The summed E-state index contributed by atoms with van der Waals surface area (Å²) in [4.78, 5) is 10.3. The Morgan fingerprint density at radius 3 is 2.42 bits per heavy atom. The van der Waals surface area contributed by atoms with E-state index < -0.39 is 6.09 Å². The fourth-order valence-corrected chi connectivity index (χ4v) is 1.62. The van der Waals surface area contributed by atoms with Crippen molar-refractivity contribution in [3.05, 3.63) is 0 Å². The molecule has 0 radical (unpaired) electrons. The van der Waals surface area contributed by atoms with Gasteiger partial charge in [-0.25, -0.2) is 4.79 Å². The van der Waals surface area contributed by atoms with Gasteiger partial charge in [-0.05, 0) is 12.8 Å². The Balaban J connectivity index is 2.31. The van der Waals surface area contributed by atoms with Crippen LogP contribution >= 0.6 is 0 Å². The van der Waals surface area contributed by atoms with Crippen LogP contribution in [0.3, 0.4) is 0 Å². The van der Waals surface area contributed by atoms with E-state index in [1.807, 2.05) is 0 Å². The second kappa shape index (κ2) is 3.76. The predicted octanol–water partition coefficient (Wildman–Crippen LogP) is 0.743. The molecule has 4 N–H and O–H groups in total. The minimum absolute atomic E-state index is 0.266. The SMILES string of the molecule is NC(=O)OCC1(N)CCCCC1. The van der Waals surface area contributed by atoms with Crippen molar-refractivity contribution >= 4 is 6.09 Å². The first-order valence-electron chi connectivity index (χ1n) is 4.33. The molecule has 0 saturated heterocycles. The normalized spacial score (nSPS) is 21.8. The van der Waals surface area contributed by atoms with Gasteiger partial charge in [-0.15, -0.1) is 0 Å². The number of hydrogen-bond donors (Lipinski definition) is 2. The second-order valence-corrected chi connectivity index (χ2v) is 3.53. The van der Waals surface area contributed by atoms with Crippen LogP contribution in [0.1, 0.15) is 32.1 Å². The maximum Gasteiger partial charge on any atom is 0.404 e.